The van der Waals surface area contributed by atoms with E-state index in [9.17, 15) is 0 Å². The van der Waals surface area contributed by atoms with Gasteiger partial charge in [0.15, 0.2) is 0 Å². The summed E-state index contributed by atoms with van der Waals surface area (Å²) in [5.41, 5.74) is 5.22. The highest BCUT2D eigenvalue weighted by molar-refractivity contribution is 7.33. The van der Waals surface area contributed by atoms with Crippen molar-refractivity contribution in [2.24, 2.45) is 5.50 Å². The number of nitrogens with zero attached hydrogens (tertiary/aromatic N) is 2. The summed E-state index contributed by atoms with van der Waals surface area (Å²) in [6.45, 7) is 0. The Hall–Kier alpha value is -0.400. The monoisotopic (exact) mass is 115 g/mol. The predicted molar refractivity (Wildman–Crippen MR) is 30.1 cm³/mol. The van der Waals surface area contributed by atoms with E-state index in [-0.39, 0.29) is 8.88 Å². The Bertz CT molecular complexity index is 125. The maximum absolute atomic E-state index is 5.22. The second-order valence-corrected chi connectivity index (χ2v) is 1.80. The molecule has 0 aliphatic heterocycles. The molecule has 0 amide bonds. The first kappa shape index (κ1) is 4.75. The van der Waals surface area contributed by atoms with E-state index in [1.165, 1.54) is 0 Å². The molecule has 0 bridgehead atoms. The Morgan fingerprint density at radius 2 is 2.57 bits per heavy atom. The molecule has 0 aromatic carbocycles. The third-order valence-corrected chi connectivity index (χ3v) is 1.17. The van der Waals surface area contributed by atoms with Gasteiger partial charge in [-0.1, -0.05) is 0 Å². The molecule has 0 aliphatic carbocycles. The van der Waals surface area contributed by atoms with Gasteiger partial charge in [-0.3, -0.25) is 5.50 Å². The minimum atomic E-state index is 0.260. The number of nitrogens with two attached hydrogens (primary N) is 1. The zero-order valence-corrected chi connectivity index (χ0v) is 4.70. The lowest BCUT2D eigenvalue weighted by molar-refractivity contribution is 0.999. The van der Waals surface area contributed by atoms with Crippen LogP contribution in [0.25, 0.3) is 0 Å². The van der Waals surface area contributed by atoms with Crippen LogP contribution in [0.15, 0.2) is 18.5 Å². The summed E-state index contributed by atoms with van der Waals surface area (Å²) in [6.07, 6.45) is 3.54. The molecule has 1 heterocycles. The van der Waals surface area contributed by atoms with Crippen LogP contribution in [-0.4, -0.2) is 9.55 Å². The largest absolute Gasteiger partial charge is 0.294 e. The summed E-state index contributed by atoms with van der Waals surface area (Å²) in [4.78, 5) is 0. The Morgan fingerprint density at radius 1 is 1.71 bits per heavy atom. The maximum atomic E-state index is 5.22. The summed E-state index contributed by atoms with van der Waals surface area (Å²) in [5.74, 6) is 0. The van der Waals surface area contributed by atoms with E-state index in [4.69, 9.17) is 5.50 Å². The molecule has 1 atom stereocenters. The number of rotatable bonds is 1. The van der Waals surface area contributed by atoms with Crippen molar-refractivity contribution in [1.82, 2.24) is 9.55 Å². The van der Waals surface area contributed by atoms with Crippen LogP contribution in [0.1, 0.15) is 0 Å². The van der Waals surface area contributed by atoms with Crippen LogP contribution in [0.4, 0.5) is 0 Å². The van der Waals surface area contributed by atoms with Gasteiger partial charge in [-0.05, 0) is 6.07 Å². The number of hydrogen-bond donors (Lipinski definition) is 1. The fourth-order valence-corrected chi connectivity index (χ4v) is 0.651. The molecule has 1 rings (SSSR count). The third kappa shape index (κ3) is 0.981. The lowest BCUT2D eigenvalue weighted by Crippen LogP contribution is -1.86. The van der Waals surface area contributed by atoms with Gasteiger partial charge in [0.25, 0.3) is 0 Å². The molecule has 0 radical (unpaired) electrons. The average Bonchev–Trinajstić information content (AvgIpc) is 2.14. The van der Waals surface area contributed by atoms with Gasteiger partial charge in [-0.2, -0.15) is 5.10 Å². The lowest BCUT2D eigenvalue weighted by atomic mass is 10.8. The van der Waals surface area contributed by atoms with Gasteiger partial charge < -0.3 is 0 Å². The Balaban J connectivity index is 2.76. The molecule has 1 aromatic rings. The molecular formula is C3H6N3P. The van der Waals surface area contributed by atoms with Gasteiger partial charge in [0.1, 0.15) is 0 Å². The zero-order chi connectivity index (χ0) is 5.11. The molecular weight excluding hydrogens is 109 g/mol. The van der Waals surface area contributed by atoms with Crippen molar-refractivity contribution >= 4 is 8.88 Å². The Morgan fingerprint density at radius 3 is 2.86 bits per heavy atom. The van der Waals surface area contributed by atoms with Gasteiger partial charge in [-0.15, -0.1) is 0 Å². The Kier molecular flexibility index (Phi) is 1.39. The molecule has 3 nitrogen and oxygen atoms in total. The molecule has 7 heavy (non-hydrogen) atoms. The van der Waals surface area contributed by atoms with Crippen molar-refractivity contribution in [3.63, 3.8) is 0 Å². The predicted octanol–water partition coefficient (Wildman–Crippen LogP) is 0.198. The van der Waals surface area contributed by atoms with Crippen LogP contribution in [0.3, 0.4) is 0 Å². The molecule has 0 saturated carbocycles. The molecule has 38 valence electrons. The lowest BCUT2D eigenvalue weighted by Gasteiger charge is -1.87. The number of hydrogen-bond acceptors (Lipinski definition) is 2. The van der Waals surface area contributed by atoms with Crippen LogP contribution in [0, 0.1) is 0 Å². The van der Waals surface area contributed by atoms with Crippen molar-refractivity contribution in [2.45, 2.75) is 0 Å². The normalized spacial score (nSPS) is 11.0. The summed E-state index contributed by atoms with van der Waals surface area (Å²) >= 11 is 0. The summed E-state index contributed by atoms with van der Waals surface area (Å²) in [5, 5.41) is 3.84. The van der Waals surface area contributed by atoms with E-state index in [0.717, 1.165) is 0 Å². The van der Waals surface area contributed by atoms with Gasteiger partial charge in [0, 0.05) is 12.4 Å². The molecule has 0 saturated heterocycles. The van der Waals surface area contributed by atoms with E-state index in [0.29, 0.717) is 0 Å². The van der Waals surface area contributed by atoms with Crippen LogP contribution in [0.2, 0.25) is 0 Å². The smallest absolute Gasteiger partial charge is 0.0706 e. The van der Waals surface area contributed by atoms with Crippen molar-refractivity contribution in [2.75, 3.05) is 0 Å². The van der Waals surface area contributed by atoms with Crippen LogP contribution in [-0.2, 0) is 0 Å². The van der Waals surface area contributed by atoms with E-state index < -0.39 is 0 Å². The highest BCUT2D eigenvalue weighted by atomic mass is 31.1. The molecule has 4 heteroatoms. The highest BCUT2D eigenvalue weighted by Gasteiger charge is 1.77. The van der Waals surface area contributed by atoms with Gasteiger partial charge >= 0.3 is 0 Å². The van der Waals surface area contributed by atoms with Gasteiger partial charge in [-0.25, -0.2) is 4.45 Å². The molecule has 1 unspecified atom stereocenters. The second kappa shape index (κ2) is 2.05. The average molecular weight is 115 g/mol. The molecule has 0 aliphatic rings. The van der Waals surface area contributed by atoms with E-state index in [1.54, 1.807) is 10.6 Å². The minimum absolute atomic E-state index is 0.260. The van der Waals surface area contributed by atoms with Crippen LogP contribution in [0.5, 0.6) is 0 Å². The van der Waals surface area contributed by atoms with E-state index in [2.05, 4.69) is 5.10 Å². The standard InChI is InChI=1S/C3H6N3P/c4-7-6-3-1-2-5-6/h1-3,7H,4H2. The molecule has 2 N–H and O–H groups in total. The van der Waals surface area contributed by atoms with Crippen molar-refractivity contribution in [3.8, 4) is 0 Å². The first-order chi connectivity index (χ1) is 3.43. The summed E-state index contributed by atoms with van der Waals surface area (Å²) < 4.78 is 1.68. The van der Waals surface area contributed by atoms with E-state index >= 15 is 0 Å². The first-order valence-corrected chi connectivity index (χ1v) is 2.92. The zero-order valence-electron chi connectivity index (χ0n) is 3.70. The second-order valence-electron chi connectivity index (χ2n) is 1.08. The van der Waals surface area contributed by atoms with E-state index in [1.807, 2.05) is 12.3 Å². The third-order valence-electron chi connectivity index (χ3n) is 0.637. The Labute approximate surface area is 43.4 Å². The minimum Gasteiger partial charge on any atom is -0.294 e. The van der Waals surface area contributed by atoms with Crippen LogP contribution < -0.4 is 5.50 Å². The van der Waals surface area contributed by atoms with Gasteiger partial charge in [0.2, 0.25) is 0 Å². The fourth-order valence-electron chi connectivity index (χ4n) is 0.345. The quantitative estimate of drug-likeness (QED) is 0.531. The van der Waals surface area contributed by atoms with Crippen molar-refractivity contribution in [1.29, 1.82) is 0 Å². The molecule has 1 aromatic heterocycles. The highest BCUT2D eigenvalue weighted by Crippen LogP contribution is 1.97. The first-order valence-electron chi connectivity index (χ1n) is 1.90. The van der Waals surface area contributed by atoms with Crippen LogP contribution >= 0.6 is 8.88 Å². The topological polar surface area (TPSA) is 43.8 Å². The maximum Gasteiger partial charge on any atom is 0.0706 e. The molecule has 0 spiro atoms. The molecule has 0 fully saturated rings. The van der Waals surface area contributed by atoms with Crippen molar-refractivity contribution in [3.05, 3.63) is 18.5 Å². The fraction of sp³-hybridized carbons (Fsp3) is 0. The van der Waals surface area contributed by atoms with Crippen molar-refractivity contribution < 1.29 is 0 Å². The number of aromatic nitrogens is 2. The summed E-state index contributed by atoms with van der Waals surface area (Å²) in [6, 6.07) is 1.85. The summed E-state index contributed by atoms with van der Waals surface area (Å²) in [7, 11) is 0.260. The van der Waals surface area contributed by atoms with Gasteiger partial charge in [0.05, 0.1) is 8.88 Å². The SMILES string of the molecule is NPn1cccn1.